The zero-order valence-corrected chi connectivity index (χ0v) is 5.56. The Morgan fingerprint density at radius 3 is 2.30 bits per heavy atom. The summed E-state index contributed by atoms with van der Waals surface area (Å²) in [6.45, 7) is 3.75. The van der Waals surface area contributed by atoms with Gasteiger partial charge in [0.2, 0.25) is 0 Å². The molecule has 1 heterocycles. The number of aliphatic hydroxyl groups excluding tert-OH is 3. The van der Waals surface area contributed by atoms with Gasteiger partial charge in [-0.1, -0.05) is 0 Å². The largest absolute Gasteiger partial charge is 0.388 e. The average molecular weight is 146 g/mol. The molecule has 1 fully saturated rings. The molecule has 4 unspecified atom stereocenters. The third-order valence-electron chi connectivity index (χ3n) is 1.53. The molecule has 10 heavy (non-hydrogen) atoms. The summed E-state index contributed by atoms with van der Waals surface area (Å²) in [7, 11) is 0. The second kappa shape index (κ2) is 2.84. The Hall–Kier alpha value is -0.160. The molecule has 1 saturated heterocycles. The fraction of sp³-hybridized carbons (Fsp3) is 0.833. The molecule has 1 aliphatic rings. The molecule has 0 saturated carbocycles. The van der Waals surface area contributed by atoms with Gasteiger partial charge >= 0.3 is 0 Å². The maximum Gasteiger partial charge on any atom is 0.166 e. The van der Waals surface area contributed by atoms with Crippen molar-refractivity contribution in [3.05, 3.63) is 6.61 Å². The van der Waals surface area contributed by atoms with Crippen molar-refractivity contribution in [1.29, 1.82) is 0 Å². The molecule has 1 aliphatic heterocycles. The third kappa shape index (κ3) is 1.29. The first kappa shape index (κ1) is 7.94. The van der Waals surface area contributed by atoms with Crippen molar-refractivity contribution in [3.63, 3.8) is 0 Å². The molecule has 4 atom stereocenters. The van der Waals surface area contributed by atoms with Crippen LogP contribution in [0.5, 0.6) is 0 Å². The Bertz CT molecular complexity index is 102. The van der Waals surface area contributed by atoms with Crippen LogP contribution in [0.4, 0.5) is 0 Å². The first-order valence-electron chi connectivity index (χ1n) is 3.08. The van der Waals surface area contributed by atoms with E-state index in [0.29, 0.717) is 0 Å². The highest BCUT2D eigenvalue weighted by Crippen LogP contribution is 2.17. The van der Waals surface area contributed by atoms with E-state index in [1.165, 1.54) is 0 Å². The average Bonchev–Trinajstić information content (AvgIpc) is 1.93. The molecule has 0 aromatic rings. The van der Waals surface area contributed by atoms with Crippen molar-refractivity contribution in [1.82, 2.24) is 0 Å². The Morgan fingerprint density at radius 2 is 1.80 bits per heavy atom. The molecule has 4 nitrogen and oxygen atoms in total. The van der Waals surface area contributed by atoms with Crippen molar-refractivity contribution in [2.24, 2.45) is 0 Å². The smallest absolute Gasteiger partial charge is 0.166 e. The molecule has 0 bridgehead atoms. The van der Waals surface area contributed by atoms with Crippen LogP contribution < -0.4 is 0 Å². The van der Waals surface area contributed by atoms with E-state index in [1.54, 1.807) is 6.92 Å². The van der Waals surface area contributed by atoms with Crippen molar-refractivity contribution in [2.45, 2.75) is 31.3 Å². The zero-order valence-electron chi connectivity index (χ0n) is 5.56. The van der Waals surface area contributed by atoms with Gasteiger partial charge in [0.1, 0.15) is 18.3 Å². The first-order valence-corrected chi connectivity index (χ1v) is 3.08. The van der Waals surface area contributed by atoms with Crippen LogP contribution in [-0.4, -0.2) is 39.7 Å². The topological polar surface area (TPSA) is 69.9 Å². The van der Waals surface area contributed by atoms with Gasteiger partial charge in [-0.2, -0.15) is 0 Å². The molecule has 2 radical (unpaired) electrons. The van der Waals surface area contributed by atoms with Crippen LogP contribution in [0.15, 0.2) is 0 Å². The highest BCUT2D eigenvalue weighted by atomic mass is 16.5. The fourth-order valence-electron chi connectivity index (χ4n) is 0.781. The van der Waals surface area contributed by atoms with Crippen molar-refractivity contribution in [2.75, 3.05) is 0 Å². The summed E-state index contributed by atoms with van der Waals surface area (Å²) in [6.07, 6.45) is -3.91. The molecule has 58 valence electrons. The SMILES string of the molecule is CC1O[C]C(O)C(O)C1O. The lowest BCUT2D eigenvalue weighted by Crippen LogP contribution is -2.49. The van der Waals surface area contributed by atoms with Crippen molar-refractivity contribution < 1.29 is 20.1 Å². The van der Waals surface area contributed by atoms with Crippen LogP contribution in [0.2, 0.25) is 0 Å². The summed E-state index contributed by atoms with van der Waals surface area (Å²) >= 11 is 0. The number of aliphatic hydroxyl groups is 3. The van der Waals surface area contributed by atoms with E-state index in [4.69, 9.17) is 15.3 Å². The Kier molecular flexibility index (Phi) is 2.25. The maximum absolute atomic E-state index is 9.04. The van der Waals surface area contributed by atoms with Gasteiger partial charge in [0.15, 0.2) is 6.61 Å². The van der Waals surface area contributed by atoms with Gasteiger partial charge in [-0.15, -0.1) is 0 Å². The molecular weight excluding hydrogens is 136 g/mol. The zero-order chi connectivity index (χ0) is 7.72. The van der Waals surface area contributed by atoms with Crippen LogP contribution in [-0.2, 0) is 4.74 Å². The van der Waals surface area contributed by atoms with Gasteiger partial charge in [-0.05, 0) is 6.92 Å². The van der Waals surface area contributed by atoms with Crippen LogP contribution in [0.1, 0.15) is 6.92 Å². The summed E-state index contributed by atoms with van der Waals surface area (Å²) in [6, 6.07) is 0. The van der Waals surface area contributed by atoms with E-state index in [1.807, 2.05) is 0 Å². The van der Waals surface area contributed by atoms with Gasteiger partial charge in [0.25, 0.3) is 0 Å². The lowest BCUT2D eigenvalue weighted by molar-refractivity contribution is -0.155. The van der Waals surface area contributed by atoms with Gasteiger partial charge in [0, 0.05) is 0 Å². The van der Waals surface area contributed by atoms with Gasteiger partial charge in [-0.3, -0.25) is 0 Å². The van der Waals surface area contributed by atoms with E-state index in [2.05, 4.69) is 11.3 Å². The van der Waals surface area contributed by atoms with E-state index in [-0.39, 0.29) is 0 Å². The second-order valence-electron chi connectivity index (χ2n) is 2.37. The molecule has 0 aromatic carbocycles. The summed E-state index contributed by atoms with van der Waals surface area (Å²) in [5.41, 5.74) is 0. The fourth-order valence-corrected chi connectivity index (χ4v) is 0.781. The number of ether oxygens (including phenoxy) is 1. The summed E-state index contributed by atoms with van der Waals surface area (Å²) < 4.78 is 4.66. The first-order chi connectivity index (χ1) is 4.63. The van der Waals surface area contributed by atoms with Gasteiger partial charge in [-0.25, -0.2) is 0 Å². The third-order valence-corrected chi connectivity index (χ3v) is 1.53. The van der Waals surface area contributed by atoms with E-state index >= 15 is 0 Å². The molecule has 3 N–H and O–H groups in total. The molecule has 1 rings (SSSR count). The molecule has 4 heteroatoms. The van der Waals surface area contributed by atoms with Crippen LogP contribution in [0.3, 0.4) is 0 Å². The van der Waals surface area contributed by atoms with Crippen molar-refractivity contribution in [3.8, 4) is 0 Å². The minimum Gasteiger partial charge on any atom is -0.388 e. The maximum atomic E-state index is 9.04. The van der Waals surface area contributed by atoms with E-state index in [0.717, 1.165) is 0 Å². The van der Waals surface area contributed by atoms with Gasteiger partial charge in [0.05, 0.1) is 6.10 Å². The Labute approximate surface area is 59.1 Å². The molecule has 0 spiro atoms. The summed E-state index contributed by atoms with van der Waals surface area (Å²) in [5, 5.41) is 26.8. The monoisotopic (exact) mass is 146 g/mol. The normalized spacial score (nSPS) is 49.2. The highest BCUT2D eigenvalue weighted by molar-refractivity contribution is 4.89. The lowest BCUT2D eigenvalue weighted by Gasteiger charge is -2.31. The Balaban J connectivity index is 2.52. The molecule has 0 amide bonds. The minimum atomic E-state index is -1.20. The summed E-state index contributed by atoms with van der Waals surface area (Å²) in [5.74, 6) is 0. The minimum absolute atomic E-state index is 0.501. The highest BCUT2D eigenvalue weighted by Gasteiger charge is 2.35. The number of rotatable bonds is 0. The van der Waals surface area contributed by atoms with Crippen LogP contribution >= 0.6 is 0 Å². The predicted molar refractivity (Wildman–Crippen MR) is 31.8 cm³/mol. The van der Waals surface area contributed by atoms with Gasteiger partial charge < -0.3 is 20.1 Å². The molecular formula is C6H10O4. The predicted octanol–water partition coefficient (Wildman–Crippen LogP) is -1.47. The standard InChI is InChI=1S/C6H10O4/c1-3-5(8)6(9)4(7)2-10-3/h3-9H,1H3. The van der Waals surface area contributed by atoms with Crippen LogP contribution in [0, 0.1) is 6.61 Å². The number of hydrogen-bond acceptors (Lipinski definition) is 4. The quantitative estimate of drug-likeness (QED) is 0.390. The van der Waals surface area contributed by atoms with Crippen LogP contribution in [0.25, 0.3) is 0 Å². The molecule has 0 aromatic heterocycles. The molecule has 0 aliphatic carbocycles. The summed E-state index contributed by atoms with van der Waals surface area (Å²) in [4.78, 5) is 0. The lowest BCUT2D eigenvalue weighted by atomic mass is 10.0. The second-order valence-corrected chi connectivity index (χ2v) is 2.37. The van der Waals surface area contributed by atoms with E-state index in [9.17, 15) is 0 Å². The van der Waals surface area contributed by atoms with E-state index < -0.39 is 24.4 Å². The van der Waals surface area contributed by atoms with Crippen molar-refractivity contribution >= 4 is 0 Å². The Morgan fingerprint density at radius 1 is 1.20 bits per heavy atom. The number of hydrogen-bond donors (Lipinski definition) is 3.